The van der Waals surface area contributed by atoms with E-state index in [4.69, 9.17) is 16.9 Å². The number of hydrogen-bond acceptors (Lipinski definition) is 3. The Bertz CT molecular complexity index is 446. The fraction of sp³-hybridized carbons (Fsp3) is 0.538. The monoisotopic (exact) mass is 249 g/mol. The number of nitriles is 1. The third-order valence-electron chi connectivity index (χ3n) is 3.38. The second kappa shape index (κ2) is 4.93. The molecule has 1 aromatic heterocycles. The predicted molar refractivity (Wildman–Crippen MR) is 69.0 cm³/mol. The van der Waals surface area contributed by atoms with Crippen molar-refractivity contribution in [2.45, 2.75) is 32.6 Å². The van der Waals surface area contributed by atoms with Crippen LogP contribution in [0.15, 0.2) is 12.3 Å². The van der Waals surface area contributed by atoms with Crippen molar-refractivity contribution in [3.63, 3.8) is 0 Å². The summed E-state index contributed by atoms with van der Waals surface area (Å²) >= 11 is 6.09. The number of hydrogen-bond donors (Lipinski definition) is 1. The van der Waals surface area contributed by atoms with Crippen LogP contribution in [0.5, 0.6) is 0 Å². The first kappa shape index (κ1) is 12.2. The molecule has 0 radical (unpaired) electrons. The van der Waals surface area contributed by atoms with Crippen LogP contribution < -0.4 is 5.32 Å². The average molecular weight is 250 g/mol. The van der Waals surface area contributed by atoms with Gasteiger partial charge in [-0.1, -0.05) is 24.9 Å². The van der Waals surface area contributed by atoms with Gasteiger partial charge in [0.25, 0.3) is 0 Å². The zero-order chi connectivity index (χ0) is 12.3. The van der Waals surface area contributed by atoms with Gasteiger partial charge in [-0.25, -0.2) is 4.98 Å². The normalized spacial score (nSPS) is 16.3. The molecule has 1 saturated carbocycles. The summed E-state index contributed by atoms with van der Waals surface area (Å²) in [4.78, 5) is 4.18. The highest BCUT2D eigenvalue weighted by molar-refractivity contribution is 6.34. The summed E-state index contributed by atoms with van der Waals surface area (Å²) < 4.78 is 0. The molecule has 0 bridgehead atoms. The number of halogens is 1. The molecule has 1 aliphatic carbocycles. The lowest BCUT2D eigenvalue weighted by molar-refractivity contribution is 0.485. The van der Waals surface area contributed by atoms with Gasteiger partial charge in [0.05, 0.1) is 5.56 Å². The van der Waals surface area contributed by atoms with Crippen LogP contribution >= 0.6 is 11.6 Å². The van der Waals surface area contributed by atoms with E-state index in [-0.39, 0.29) is 0 Å². The Morgan fingerprint density at radius 2 is 2.35 bits per heavy atom. The van der Waals surface area contributed by atoms with E-state index < -0.39 is 0 Å². The van der Waals surface area contributed by atoms with Crippen molar-refractivity contribution in [3.05, 3.63) is 22.8 Å². The fourth-order valence-corrected chi connectivity index (χ4v) is 2.37. The first-order valence-corrected chi connectivity index (χ1v) is 6.37. The highest BCUT2D eigenvalue weighted by Gasteiger charge is 2.41. The molecular formula is C13H16ClN3. The van der Waals surface area contributed by atoms with E-state index in [1.165, 1.54) is 25.7 Å². The van der Waals surface area contributed by atoms with Crippen LogP contribution in [-0.2, 0) is 0 Å². The molecule has 0 saturated heterocycles. The zero-order valence-corrected chi connectivity index (χ0v) is 10.7. The van der Waals surface area contributed by atoms with Crippen LogP contribution in [0.4, 0.5) is 5.82 Å². The van der Waals surface area contributed by atoms with Crippen molar-refractivity contribution in [3.8, 4) is 6.07 Å². The van der Waals surface area contributed by atoms with Gasteiger partial charge in [-0.3, -0.25) is 0 Å². The van der Waals surface area contributed by atoms with Crippen molar-refractivity contribution in [2.75, 3.05) is 11.9 Å². The molecule has 90 valence electrons. The van der Waals surface area contributed by atoms with E-state index in [2.05, 4.69) is 23.3 Å². The number of anilines is 1. The van der Waals surface area contributed by atoms with Gasteiger partial charge in [-0.05, 0) is 30.7 Å². The predicted octanol–water partition coefficient (Wildman–Crippen LogP) is 3.60. The Morgan fingerprint density at radius 1 is 1.59 bits per heavy atom. The van der Waals surface area contributed by atoms with E-state index in [0.717, 1.165) is 6.54 Å². The second-order valence-corrected chi connectivity index (χ2v) is 5.11. The van der Waals surface area contributed by atoms with Crippen molar-refractivity contribution in [1.29, 1.82) is 5.26 Å². The summed E-state index contributed by atoms with van der Waals surface area (Å²) in [6.07, 6.45) is 6.63. The summed E-state index contributed by atoms with van der Waals surface area (Å²) in [6.45, 7) is 3.12. The Kier molecular flexibility index (Phi) is 3.54. The number of pyridine rings is 1. The topological polar surface area (TPSA) is 48.7 Å². The minimum absolute atomic E-state index is 0.433. The smallest absolute Gasteiger partial charge is 0.146 e. The van der Waals surface area contributed by atoms with Gasteiger partial charge in [0.15, 0.2) is 0 Å². The molecule has 0 aromatic carbocycles. The van der Waals surface area contributed by atoms with Crippen LogP contribution in [0.1, 0.15) is 38.2 Å². The number of aromatic nitrogens is 1. The van der Waals surface area contributed by atoms with Crippen LogP contribution in [-0.4, -0.2) is 11.5 Å². The van der Waals surface area contributed by atoms with Crippen LogP contribution in [0.3, 0.4) is 0 Å². The molecule has 0 aliphatic heterocycles. The SMILES string of the molecule is CCCC1(CNc2nccc(C#N)c2Cl)CC1. The molecule has 1 fully saturated rings. The quantitative estimate of drug-likeness (QED) is 0.867. The molecule has 0 amide bonds. The molecule has 3 nitrogen and oxygen atoms in total. The largest absolute Gasteiger partial charge is 0.368 e. The van der Waals surface area contributed by atoms with Crippen LogP contribution in [0.2, 0.25) is 5.02 Å². The number of nitrogens with zero attached hydrogens (tertiary/aromatic N) is 2. The van der Waals surface area contributed by atoms with Crippen molar-refractivity contribution in [2.24, 2.45) is 5.41 Å². The Morgan fingerprint density at radius 3 is 2.94 bits per heavy atom. The molecule has 1 aliphatic rings. The lowest BCUT2D eigenvalue weighted by Gasteiger charge is -2.16. The molecule has 2 rings (SSSR count). The van der Waals surface area contributed by atoms with E-state index in [1.54, 1.807) is 12.3 Å². The Labute approximate surface area is 107 Å². The van der Waals surface area contributed by atoms with Gasteiger partial charge >= 0.3 is 0 Å². The number of rotatable bonds is 5. The third kappa shape index (κ3) is 2.70. The summed E-state index contributed by atoms with van der Waals surface area (Å²) in [5.74, 6) is 0.632. The maximum atomic E-state index is 8.88. The summed E-state index contributed by atoms with van der Waals surface area (Å²) in [5, 5.41) is 12.6. The third-order valence-corrected chi connectivity index (χ3v) is 3.76. The molecule has 1 heterocycles. The fourth-order valence-electron chi connectivity index (χ4n) is 2.15. The van der Waals surface area contributed by atoms with Gasteiger partial charge in [0.2, 0.25) is 0 Å². The number of nitrogens with one attached hydrogen (secondary N) is 1. The van der Waals surface area contributed by atoms with Crippen molar-refractivity contribution in [1.82, 2.24) is 4.98 Å². The molecular weight excluding hydrogens is 234 g/mol. The minimum atomic E-state index is 0.433. The minimum Gasteiger partial charge on any atom is -0.368 e. The van der Waals surface area contributed by atoms with Crippen molar-refractivity contribution >= 4 is 17.4 Å². The van der Waals surface area contributed by atoms with Gasteiger partial charge in [0, 0.05) is 12.7 Å². The second-order valence-electron chi connectivity index (χ2n) is 4.74. The van der Waals surface area contributed by atoms with Gasteiger partial charge < -0.3 is 5.32 Å². The molecule has 1 N–H and O–H groups in total. The van der Waals surface area contributed by atoms with E-state index >= 15 is 0 Å². The maximum absolute atomic E-state index is 8.88. The first-order chi connectivity index (χ1) is 8.21. The average Bonchev–Trinajstić information content (AvgIpc) is 3.09. The molecule has 1 aromatic rings. The van der Waals surface area contributed by atoms with Gasteiger partial charge in [-0.15, -0.1) is 0 Å². The van der Waals surface area contributed by atoms with E-state index in [1.807, 2.05) is 0 Å². The molecule has 0 unspecified atom stereocenters. The standard InChI is InChI=1S/C13H16ClN3/c1-2-4-13(5-6-13)9-17-12-11(14)10(8-15)3-7-16-12/h3,7H,2,4-6,9H2,1H3,(H,16,17). The lowest BCUT2D eigenvalue weighted by atomic mass is 10.0. The Balaban J connectivity index is 2.03. The van der Waals surface area contributed by atoms with Gasteiger partial charge in [-0.2, -0.15) is 5.26 Å². The Hall–Kier alpha value is -1.27. The highest BCUT2D eigenvalue weighted by atomic mass is 35.5. The molecule has 17 heavy (non-hydrogen) atoms. The zero-order valence-electron chi connectivity index (χ0n) is 9.96. The maximum Gasteiger partial charge on any atom is 0.146 e. The lowest BCUT2D eigenvalue weighted by Crippen LogP contribution is -2.16. The summed E-state index contributed by atoms with van der Waals surface area (Å²) in [6, 6.07) is 3.69. The molecule has 0 spiro atoms. The van der Waals surface area contributed by atoms with E-state index in [0.29, 0.717) is 21.8 Å². The van der Waals surface area contributed by atoms with E-state index in [9.17, 15) is 0 Å². The van der Waals surface area contributed by atoms with Crippen LogP contribution in [0.25, 0.3) is 0 Å². The first-order valence-electron chi connectivity index (χ1n) is 5.99. The van der Waals surface area contributed by atoms with Gasteiger partial charge in [0.1, 0.15) is 16.9 Å². The summed E-state index contributed by atoms with van der Waals surface area (Å²) in [5.41, 5.74) is 0.923. The summed E-state index contributed by atoms with van der Waals surface area (Å²) in [7, 11) is 0. The highest BCUT2D eigenvalue weighted by Crippen LogP contribution is 2.49. The van der Waals surface area contributed by atoms with Crippen LogP contribution in [0, 0.1) is 16.7 Å². The van der Waals surface area contributed by atoms with Crippen molar-refractivity contribution < 1.29 is 0 Å². The molecule has 0 atom stereocenters. The molecule has 4 heteroatoms.